The molecule has 2 atom stereocenters. The fraction of sp³-hybridized carbons (Fsp3) is 0.286. The van der Waals surface area contributed by atoms with Gasteiger partial charge in [0.05, 0.1) is 17.4 Å². The predicted molar refractivity (Wildman–Crippen MR) is 147 cm³/mol. The first-order valence-electron chi connectivity index (χ1n) is 12.2. The van der Waals surface area contributed by atoms with Crippen LogP contribution in [0.25, 0.3) is 10.9 Å². The van der Waals surface area contributed by atoms with Gasteiger partial charge in [-0.05, 0) is 55.3 Å². The van der Waals surface area contributed by atoms with Crippen molar-refractivity contribution in [3.8, 4) is 12.3 Å². The van der Waals surface area contributed by atoms with Crippen LogP contribution in [0.4, 0.5) is 5.69 Å². The summed E-state index contributed by atoms with van der Waals surface area (Å²) in [4.78, 5) is 70.2. The molecule has 0 aliphatic rings. The summed E-state index contributed by atoms with van der Waals surface area (Å²) in [5, 5.41) is 18.9. The van der Waals surface area contributed by atoms with Crippen LogP contribution in [0.1, 0.15) is 34.6 Å². The number of anilines is 1. The summed E-state index contributed by atoms with van der Waals surface area (Å²) >= 11 is 0. The van der Waals surface area contributed by atoms with Crippen molar-refractivity contribution in [2.45, 2.75) is 38.4 Å². The summed E-state index contributed by atoms with van der Waals surface area (Å²) in [5.74, 6) is -1.30. The lowest BCUT2D eigenvalue weighted by Crippen LogP contribution is -2.48. The van der Waals surface area contributed by atoms with Gasteiger partial charge in [-0.2, -0.15) is 0 Å². The Morgan fingerprint density at radius 2 is 1.77 bits per heavy atom. The number of rotatable bonds is 12. The van der Waals surface area contributed by atoms with Crippen LogP contribution in [0.5, 0.6) is 0 Å². The number of H-pyrrole nitrogens is 1. The average molecular weight is 548 g/mol. The van der Waals surface area contributed by atoms with Gasteiger partial charge in [0.25, 0.3) is 11.5 Å². The molecule has 40 heavy (non-hydrogen) atoms. The molecule has 3 aromatic rings. The first-order chi connectivity index (χ1) is 18.9. The Kier molecular flexibility index (Phi) is 9.37. The zero-order valence-corrected chi connectivity index (χ0v) is 22.0. The van der Waals surface area contributed by atoms with E-state index in [-0.39, 0.29) is 24.1 Å². The number of terminal acetylenes is 1. The highest BCUT2D eigenvalue weighted by atomic mass is 16.4. The minimum Gasteiger partial charge on any atom is -0.480 e. The highest BCUT2D eigenvalue weighted by Gasteiger charge is 2.34. The van der Waals surface area contributed by atoms with Gasteiger partial charge in [0.2, 0.25) is 0 Å². The van der Waals surface area contributed by atoms with Crippen LogP contribution in [-0.2, 0) is 20.9 Å². The maximum Gasteiger partial charge on any atom is 0.334 e. The van der Waals surface area contributed by atoms with Crippen LogP contribution >= 0.6 is 0 Å². The largest absolute Gasteiger partial charge is 0.480 e. The Hall–Kier alpha value is -5.02. The van der Waals surface area contributed by atoms with E-state index in [2.05, 4.69) is 15.9 Å². The number of amides is 1. The van der Waals surface area contributed by atoms with Crippen molar-refractivity contribution in [3.63, 3.8) is 0 Å². The number of nitrogens with zero attached hydrogens (tertiary/aromatic N) is 3. The number of Topliss-reactive ketones (excluding diaryl/α,β-unsaturated/α-hetero) is 1. The van der Waals surface area contributed by atoms with Crippen LogP contribution in [0.15, 0.2) is 47.3 Å². The van der Waals surface area contributed by atoms with Crippen LogP contribution in [0, 0.1) is 19.3 Å². The fourth-order valence-corrected chi connectivity index (χ4v) is 4.18. The molecule has 1 aromatic heterocycles. The van der Waals surface area contributed by atoms with E-state index in [4.69, 9.17) is 17.3 Å². The van der Waals surface area contributed by atoms with E-state index in [0.29, 0.717) is 29.0 Å². The number of carbonyl (C=O) groups is 4. The number of likely N-dealkylation sites (N-methyl/N-ethyl adjacent to an activating group) is 1. The van der Waals surface area contributed by atoms with Gasteiger partial charge in [0.15, 0.2) is 11.8 Å². The third kappa shape index (κ3) is 6.89. The van der Waals surface area contributed by atoms with Crippen molar-refractivity contribution >= 4 is 40.2 Å². The highest BCUT2D eigenvalue weighted by Crippen LogP contribution is 2.21. The molecule has 0 saturated carbocycles. The number of nitrogens with two attached hydrogens (primary N) is 1. The number of aromatic nitrogens is 2. The lowest BCUT2D eigenvalue weighted by Gasteiger charge is -2.25. The summed E-state index contributed by atoms with van der Waals surface area (Å²) in [6, 6.07) is 8.46. The number of aryl methyl sites for hydroxylation is 1. The number of aromatic amines is 1. The maximum atomic E-state index is 13.0. The van der Waals surface area contributed by atoms with Gasteiger partial charge in [0.1, 0.15) is 11.9 Å². The SMILES string of the molecule is C#CCN(Cc1ccc2nc(C)[nH]c(=O)c2c1)c1ccc(C(=O)N(C)[C@H](C(=O)O)C(=O)CC[C@H](N)C(=O)O)cc1. The quantitative estimate of drug-likeness (QED) is 0.189. The van der Waals surface area contributed by atoms with Gasteiger partial charge in [-0.1, -0.05) is 12.0 Å². The molecule has 1 heterocycles. The second-order valence-electron chi connectivity index (χ2n) is 9.22. The van der Waals surface area contributed by atoms with E-state index in [9.17, 15) is 29.1 Å². The Morgan fingerprint density at radius 3 is 2.38 bits per heavy atom. The van der Waals surface area contributed by atoms with Crippen molar-refractivity contribution in [1.29, 1.82) is 0 Å². The number of hydrogen-bond acceptors (Lipinski definition) is 8. The zero-order chi connectivity index (χ0) is 29.6. The van der Waals surface area contributed by atoms with Crippen LogP contribution in [0.3, 0.4) is 0 Å². The number of carboxylic acid groups (broad SMARTS) is 2. The molecule has 2 aromatic carbocycles. The highest BCUT2D eigenvalue weighted by molar-refractivity contribution is 6.07. The van der Waals surface area contributed by atoms with Crippen molar-refractivity contribution < 1.29 is 29.4 Å². The molecule has 0 aliphatic carbocycles. The smallest absolute Gasteiger partial charge is 0.334 e. The van der Waals surface area contributed by atoms with Crippen molar-refractivity contribution in [1.82, 2.24) is 14.9 Å². The average Bonchev–Trinajstić information content (AvgIpc) is 2.91. The minimum absolute atomic E-state index is 0.131. The number of aliphatic carboxylic acids is 2. The van der Waals surface area contributed by atoms with Crippen molar-refractivity contribution in [2.75, 3.05) is 18.5 Å². The van der Waals surface area contributed by atoms with Gasteiger partial charge in [0, 0.05) is 31.3 Å². The predicted octanol–water partition coefficient (Wildman–Crippen LogP) is 1.16. The topological polar surface area (TPSA) is 187 Å². The Balaban J connectivity index is 1.78. The lowest BCUT2D eigenvalue weighted by molar-refractivity contribution is -0.146. The van der Waals surface area contributed by atoms with E-state index in [0.717, 1.165) is 10.5 Å². The summed E-state index contributed by atoms with van der Waals surface area (Å²) < 4.78 is 0. The first kappa shape index (κ1) is 29.5. The molecular formula is C28H29N5O7. The molecule has 0 bridgehead atoms. The molecule has 208 valence electrons. The molecule has 5 N–H and O–H groups in total. The molecule has 0 aliphatic heterocycles. The molecule has 12 nitrogen and oxygen atoms in total. The molecule has 0 fully saturated rings. The molecular weight excluding hydrogens is 518 g/mol. The van der Waals surface area contributed by atoms with Gasteiger partial charge in [-0.25, -0.2) is 9.78 Å². The molecule has 12 heteroatoms. The third-order valence-electron chi connectivity index (χ3n) is 6.29. The number of benzene rings is 2. The fourth-order valence-electron chi connectivity index (χ4n) is 4.18. The monoisotopic (exact) mass is 547 g/mol. The first-order valence-corrected chi connectivity index (χ1v) is 12.2. The van der Waals surface area contributed by atoms with Crippen LogP contribution < -0.4 is 16.2 Å². The number of carbonyl (C=O) groups excluding carboxylic acids is 2. The van der Waals surface area contributed by atoms with E-state index >= 15 is 0 Å². The van der Waals surface area contributed by atoms with Crippen molar-refractivity contribution in [3.05, 3.63) is 69.8 Å². The Labute approximate surface area is 229 Å². The second-order valence-corrected chi connectivity index (χ2v) is 9.22. The summed E-state index contributed by atoms with van der Waals surface area (Å²) in [7, 11) is 1.19. The van der Waals surface area contributed by atoms with Gasteiger partial charge >= 0.3 is 11.9 Å². The summed E-state index contributed by atoms with van der Waals surface area (Å²) in [6.07, 6.45) is 4.89. The number of carboxylic acids is 2. The van der Waals surface area contributed by atoms with E-state index in [1.54, 1.807) is 31.2 Å². The van der Waals surface area contributed by atoms with Gasteiger partial charge in [-0.15, -0.1) is 6.42 Å². The van der Waals surface area contributed by atoms with E-state index in [1.807, 2.05) is 11.0 Å². The summed E-state index contributed by atoms with van der Waals surface area (Å²) in [6.45, 7) is 2.28. The Morgan fingerprint density at radius 1 is 1.10 bits per heavy atom. The Bertz CT molecular complexity index is 1540. The maximum absolute atomic E-state index is 13.0. The standard InChI is InChI=1S/C28H29N5O7/c1-4-13-33(15-17-5-11-22-20(14-17)25(35)31-16(2)30-22)19-8-6-18(7-9-19)26(36)32(3)24(28(39)40)23(34)12-10-21(29)27(37)38/h1,5-9,11,14,21,24H,10,12-13,15,29H2,2-3H3,(H,37,38)(H,39,40)(H,30,31,35)/t21-,24-/m0/s1. The third-order valence-corrected chi connectivity index (χ3v) is 6.29. The lowest BCUT2D eigenvalue weighted by atomic mass is 10.0. The number of fused-ring (bicyclic) bond motifs is 1. The number of nitrogens with one attached hydrogen (secondary N) is 1. The van der Waals surface area contributed by atoms with Crippen LogP contribution in [-0.4, -0.2) is 74.4 Å². The molecule has 0 unspecified atom stereocenters. The van der Waals surface area contributed by atoms with Gasteiger partial charge < -0.3 is 30.7 Å². The number of ketones is 1. The van der Waals surface area contributed by atoms with Crippen molar-refractivity contribution in [2.24, 2.45) is 5.73 Å². The van der Waals surface area contributed by atoms with Gasteiger partial charge in [-0.3, -0.25) is 19.2 Å². The number of hydrogen-bond donors (Lipinski definition) is 4. The zero-order valence-electron chi connectivity index (χ0n) is 22.0. The molecule has 0 saturated heterocycles. The normalized spacial score (nSPS) is 12.2. The van der Waals surface area contributed by atoms with E-state index < -0.39 is 42.1 Å². The molecule has 0 radical (unpaired) electrons. The molecule has 3 rings (SSSR count). The second kappa shape index (κ2) is 12.7. The molecule has 0 spiro atoms. The molecule has 1 amide bonds. The van der Waals surface area contributed by atoms with Crippen LogP contribution in [0.2, 0.25) is 0 Å². The summed E-state index contributed by atoms with van der Waals surface area (Å²) in [5.41, 5.74) is 7.33. The van der Waals surface area contributed by atoms with E-state index in [1.165, 1.54) is 19.2 Å². The minimum atomic E-state index is -1.81.